The van der Waals surface area contributed by atoms with Crippen molar-refractivity contribution in [2.24, 2.45) is 0 Å². The van der Waals surface area contributed by atoms with E-state index in [4.69, 9.17) is 0 Å². The van der Waals surface area contributed by atoms with Gasteiger partial charge < -0.3 is 5.48 Å². The smallest absolute Gasteiger partial charge is 0.200 e. The second-order valence-corrected chi connectivity index (χ2v) is 10.1. The van der Waals surface area contributed by atoms with Gasteiger partial charge >= 0.3 is 0 Å². The van der Waals surface area contributed by atoms with Crippen LogP contribution in [-0.2, 0) is 12.8 Å². The Labute approximate surface area is 288 Å². The molecule has 284 valence electrons. The van der Waals surface area contributed by atoms with Gasteiger partial charge in [0.25, 0.3) is 0 Å². The molecule has 0 aliphatic carbocycles. The van der Waals surface area contributed by atoms with E-state index in [9.17, 15) is 65.9 Å². The first-order chi connectivity index (χ1) is 23.7. The predicted molar refractivity (Wildman–Crippen MR) is 166 cm³/mol. The van der Waals surface area contributed by atoms with Crippen molar-refractivity contribution in [3.63, 3.8) is 0 Å². The number of allylic oxidation sites excluding steroid dienone is 1. The Kier molecular flexibility index (Phi) is 18.2. The van der Waals surface area contributed by atoms with E-state index in [1.165, 1.54) is 26.8 Å². The van der Waals surface area contributed by atoms with Crippen molar-refractivity contribution in [2.45, 2.75) is 40.5 Å². The minimum Gasteiger partial charge on any atom is -0.412 e. The monoisotopic (exact) mass is 762 g/mol. The summed E-state index contributed by atoms with van der Waals surface area (Å²) in [5, 5.41) is 0. The molecule has 4 rings (SSSR count). The molecule has 52 heavy (non-hydrogen) atoms. The Bertz CT molecular complexity index is 1830. The van der Waals surface area contributed by atoms with Crippen LogP contribution >= 0.6 is 0 Å². The molecule has 1 nitrogen and oxygen atoms in total. The third-order valence-corrected chi connectivity index (χ3v) is 6.76. The largest absolute Gasteiger partial charge is 0.412 e. The Hall–Kier alpha value is -4.99. The first-order valence-electron chi connectivity index (χ1n) is 14.1. The lowest BCUT2D eigenvalue weighted by atomic mass is 10.0. The van der Waals surface area contributed by atoms with Gasteiger partial charge in [-0.3, -0.25) is 0 Å². The van der Waals surface area contributed by atoms with Crippen molar-refractivity contribution < 1.29 is 71.3 Å². The molecule has 0 radical (unpaired) electrons. The molecule has 0 heterocycles. The van der Waals surface area contributed by atoms with Crippen molar-refractivity contribution in [2.75, 3.05) is 0 Å². The van der Waals surface area contributed by atoms with Gasteiger partial charge in [-0.1, -0.05) is 38.3 Å². The minimum absolute atomic E-state index is 0. The molecule has 2 N–H and O–H groups in total. The summed E-state index contributed by atoms with van der Waals surface area (Å²) in [7, 11) is 0. The normalized spacial score (nSPS) is 10.1. The van der Waals surface area contributed by atoms with Crippen LogP contribution in [0.4, 0.5) is 65.9 Å². The van der Waals surface area contributed by atoms with E-state index in [1.54, 1.807) is 0 Å². The highest BCUT2D eigenvalue weighted by Crippen LogP contribution is 2.27. The topological polar surface area (TPSA) is 31.5 Å². The highest BCUT2D eigenvalue weighted by molar-refractivity contribution is 5.67. The maximum atomic E-state index is 13.2. The molecule has 0 amide bonds. The molecule has 0 saturated carbocycles. The zero-order valence-electron chi connectivity index (χ0n) is 27.6. The fourth-order valence-corrected chi connectivity index (χ4v) is 4.03. The SMILES string of the molecule is C=CCc1c(F)c(F)c(F)c(F)c1F.C=Cc1c(C)c(F)c(F)c(F)c1C=C.CCc1c(F)c(F)c(C)c(F)c1F.Cc1cc(F)c(F)c(F)c1.O. The number of aryl methyl sites for hydroxylation is 1. The molecule has 0 aliphatic heterocycles. The summed E-state index contributed by atoms with van der Waals surface area (Å²) < 4.78 is 190. The maximum absolute atomic E-state index is 13.2. The average molecular weight is 763 g/mol. The predicted octanol–water partition coefficient (Wildman–Crippen LogP) is 11.5. The molecule has 16 heteroatoms. The van der Waals surface area contributed by atoms with E-state index < -0.39 is 110 Å². The van der Waals surface area contributed by atoms with Crippen LogP contribution in [0.3, 0.4) is 0 Å². The first-order valence-corrected chi connectivity index (χ1v) is 14.1. The van der Waals surface area contributed by atoms with Crippen molar-refractivity contribution in [3.8, 4) is 0 Å². The zero-order valence-corrected chi connectivity index (χ0v) is 27.6. The zero-order chi connectivity index (χ0) is 39.7. The number of benzene rings is 4. The van der Waals surface area contributed by atoms with Crippen LogP contribution in [0.25, 0.3) is 12.2 Å². The third-order valence-electron chi connectivity index (χ3n) is 6.76. The number of halogens is 15. The van der Waals surface area contributed by atoms with Crippen LogP contribution in [0.1, 0.15) is 45.9 Å². The summed E-state index contributed by atoms with van der Waals surface area (Å²) in [6.07, 6.45) is 2.98. The van der Waals surface area contributed by atoms with Crippen LogP contribution in [0.2, 0.25) is 0 Å². The van der Waals surface area contributed by atoms with E-state index in [2.05, 4.69) is 19.7 Å². The molecule has 0 aromatic heterocycles. The Morgan fingerprint density at radius 1 is 0.442 bits per heavy atom. The lowest BCUT2D eigenvalue weighted by Crippen LogP contribution is -2.06. The molecule has 0 spiro atoms. The van der Waals surface area contributed by atoms with Gasteiger partial charge in [0.15, 0.2) is 81.4 Å². The van der Waals surface area contributed by atoms with Gasteiger partial charge in [0.05, 0.1) is 0 Å². The van der Waals surface area contributed by atoms with Gasteiger partial charge in [-0.15, -0.1) is 6.58 Å². The van der Waals surface area contributed by atoms with Crippen LogP contribution in [0.15, 0.2) is 37.9 Å². The summed E-state index contributed by atoms with van der Waals surface area (Å²) in [5.74, 6) is -22.4. The third kappa shape index (κ3) is 10.3. The van der Waals surface area contributed by atoms with Gasteiger partial charge in [0.2, 0.25) is 5.82 Å². The first kappa shape index (κ1) is 47.0. The van der Waals surface area contributed by atoms with E-state index in [1.807, 2.05) is 0 Å². The van der Waals surface area contributed by atoms with Crippen LogP contribution in [-0.4, -0.2) is 5.48 Å². The maximum Gasteiger partial charge on any atom is 0.200 e. The van der Waals surface area contributed by atoms with E-state index in [-0.39, 0.29) is 28.6 Å². The standard InChI is InChI=1S/C11H9F3.C9H5F5.C9H8F4.C7H5F3.H2O/c1-4-7-6(3)9(12)11(14)10(13)8(7)5-2;1-2-3-4-5(10)7(12)9(14)8(13)6(4)11;1-3-5-8(12)6(10)4(2)7(11)9(5)13;1-4-2-5(8)7(10)6(9)3-4;/h4-5H,1-2H2,3H3;2H,1,3H2;3H2,1-2H3;2-3H,1H3;1H2. The van der Waals surface area contributed by atoms with Crippen LogP contribution in [0, 0.1) is 108 Å². The molecule has 4 aromatic carbocycles. The van der Waals surface area contributed by atoms with Crippen LogP contribution in [0.5, 0.6) is 0 Å². The molecule has 0 bridgehead atoms. The van der Waals surface area contributed by atoms with Crippen molar-refractivity contribution in [1.82, 2.24) is 0 Å². The van der Waals surface area contributed by atoms with Crippen LogP contribution < -0.4 is 0 Å². The fourth-order valence-electron chi connectivity index (χ4n) is 4.03. The Morgan fingerprint density at radius 3 is 1.15 bits per heavy atom. The van der Waals surface area contributed by atoms with Gasteiger partial charge in [0, 0.05) is 22.3 Å². The van der Waals surface area contributed by atoms with Gasteiger partial charge in [0.1, 0.15) is 0 Å². The second-order valence-electron chi connectivity index (χ2n) is 10.1. The quantitative estimate of drug-likeness (QED) is 0.0839. The number of hydrogen-bond donors (Lipinski definition) is 0. The fraction of sp³-hybridized carbons (Fsp3) is 0.167. The summed E-state index contributed by atoms with van der Waals surface area (Å²) >= 11 is 0. The van der Waals surface area contributed by atoms with E-state index >= 15 is 0 Å². The molecular weight excluding hydrogens is 733 g/mol. The second kappa shape index (κ2) is 20.2. The summed E-state index contributed by atoms with van der Waals surface area (Å²) in [6.45, 7) is 15.2. The Morgan fingerprint density at radius 2 is 0.788 bits per heavy atom. The molecule has 0 unspecified atom stereocenters. The van der Waals surface area contributed by atoms with Gasteiger partial charge in [-0.25, -0.2) is 65.9 Å². The Balaban J connectivity index is 0.000000667. The molecule has 0 fully saturated rings. The lowest BCUT2D eigenvalue weighted by Gasteiger charge is -2.09. The highest BCUT2D eigenvalue weighted by atomic mass is 19.2. The summed E-state index contributed by atoms with van der Waals surface area (Å²) in [4.78, 5) is 0. The van der Waals surface area contributed by atoms with Gasteiger partial charge in [-0.2, -0.15) is 0 Å². The van der Waals surface area contributed by atoms with Crippen molar-refractivity contribution >= 4 is 12.2 Å². The van der Waals surface area contributed by atoms with E-state index in [0.717, 1.165) is 31.2 Å². The molecule has 0 aliphatic rings. The summed E-state index contributed by atoms with van der Waals surface area (Å²) in [6, 6.07) is 1.89. The molecule has 0 atom stereocenters. The van der Waals surface area contributed by atoms with Crippen molar-refractivity contribution in [1.29, 1.82) is 0 Å². The average Bonchev–Trinajstić information content (AvgIpc) is 3.10. The minimum atomic E-state index is -2.15. The molecule has 0 saturated heterocycles. The van der Waals surface area contributed by atoms with E-state index in [0.29, 0.717) is 5.56 Å². The number of rotatable bonds is 5. The molecule has 4 aromatic rings. The van der Waals surface area contributed by atoms with Gasteiger partial charge in [-0.05, 0) is 62.4 Å². The highest BCUT2D eigenvalue weighted by Gasteiger charge is 2.25. The summed E-state index contributed by atoms with van der Waals surface area (Å²) in [5.41, 5.74) is -1.44. The van der Waals surface area contributed by atoms with Crippen molar-refractivity contribution in [3.05, 3.63) is 164 Å². The molecular formula is C36H29F15O. The lowest BCUT2D eigenvalue weighted by molar-refractivity contribution is 0.371. The number of hydrogen-bond acceptors (Lipinski definition) is 0.